The number of carbonyl (C=O) groups excluding carboxylic acids is 2. The fourth-order valence-electron chi connectivity index (χ4n) is 3.55. The van der Waals surface area contributed by atoms with Crippen LogP contribution in [0.25, 0.3) is 0 Å². The van der Waals surface area contributed by atoms with Gasteiger partial charge in [0.1, 0.15) is 6.07 Å². The first-order valence-electron chi connectivity index (χ1n) is 10.2. The van der Waals surface area contributed by atoms with Crippen molar-refractivity contribution in [1.82, 2.24) is 9.88 Å². The van der Waals surface area contributed by atoms with E-state index < -0.39 is 5.97 Å². The van der Waals surface area contributed by atoms with Crippen LogP contribution in [0.1, 0.15) is 17.1 Å². The second-order valence-electron chi connectivity index (χ2n) is 7.24. The van der Waals surface area contributed by atoms with Gasteiger partial charge in [-0.1, -0.05) is 0 Å². The fraction of sp³-hybridized carbons (Fsp3) is 0.455. The van der Waals surface area contributed by atoms with Crippen molar-refractivity contribution in [3.8, 4) is 23.3 Å². The maximum Gasteiger partial charge on any atom is 0.310 e. The van der Waals surface area contributed by atoms with E-state index in [1.54, 1.807) is 24.0 Å². The van der Waals surface area contributed by atoms with E-state index in [1.165, 1.54) is 21.3 Å². The van der Waals surface area contributed by atoms with Crippen LogP contribution in [0.2, 0.25) is 0 Å². The van der Waals surface area contributed by atoms with Gasteiger partial charge in [0.05, 0.1) is 27.8 Å². The lowest BCUT2D eigenvalue weighted by Gasteiger charge is -2.34. The molecule has 0 saturated carbocycles. The standard InChI is InChI=1S/C22H26N4O7/c1-14-24-16(12-23)22(33-14)26-7-5-25(6-8-26)19(27)13-32-20(28)11-15-9-17(29-2)21(31-4)18(10-15)30-3/h9-10H,5-8,11,13H2,1-4H3. The van der Waals surface area contributed by atoms with E-state index in [-0.39, 0.29) is 24.6 Å². The highest BCUT2D eigenvalue weighted by Gasteiger charge is 2.26. The summed E-state index contributed by atoms with van der Waals surface area (Å²) in [4.78, 5) is 32.3. The number of oxazole rings is 1. The number of benzene rings is 1. The molecule has 0 unspecified atom stereocenters. The van der Waals surface area contributed by atoms with Gasteiger partial charge in [0.15, 0.2) is 24.0 Å². The molecule has 0 radical (unpaired) electrons. The number of nitriles is 1. The summed E-state index contributed by atoms with van der Waals surface area (Å²) >= 11 is 0. The van der Waals surface area contributed by atoms with Gasteiger partial charge in [-0.2, -0.15) is 5.26 Å². The van der Waals surface area contributed by atoms with Crippen molar-refractivity contribution >= 4 is 17.8 Å². The molecule has 1 aromatic carbocycles. The molecule has 33 heavy (non-hydrogen) atoms. The van der Waals surface area contributed by atoms with E-state index in [1.807, 2.05) is 11.0 Å². The molecule has 0 N–H and O–H groups in total. The molecule has 1 aliphatic rings. The third-order valence-electron chi connectivity index (χ3n) is 5.17. The Kier molecular flexibility index (Phi) is 7.61. The van der Waals surface area contributed by atoms with Crippen LogP contribution in [-0.2, 0) is 20.7 Å². The van der Waals surface area contributed by atoms with Crippen LogP contribution in [0.3, 0.4) is 0 Å². The molecule has 176 valence electrons. The first-order chi connectivity index (χ1) is 15.9. The van der Waals surface area contributed by atoms with Crippen LogP contribution >= 0.6 is 0 Å². The van der Waals surface area contributed by atoms with E-state index in [0.29, 0.717) is 60.8 Å². The highest BCUT2D eigenvalue weighted by Crippen LogP contribution is 2.38. The lowest BCUT2D eigenvalue weighted by atomic mass is 10.1. The van der Waals surface area contributed by atoms with Gasteiger partial charge in [-0.25, -0.2) is 4.98 Å². The van der Waals surface area contributed by atoms with Gasteiger partial charge < -0.3 is 33.2 Å². The number of nitrogens with zero attached hydrogens (tertiary/aromatic N) is 4. The van der Waals surface area contributed by atoms with Gasteiger partial charge in [0.25, 0.3) is 5.91 Å². The maximum atomic E-state index is 12.5. The number of methoxy groups -OCH3 is 3. The molecular weight excluding hydrogens is 432 g/mol. The molecule has 0 spiro atoms. The van der Waals surface area contributed by atoms with E-state index in [9.17, 15) is 14.9 Å². The van der Waals surface area contributed by atoms with Crippen molar-refractivity contribution in [3.63, 3.8) is 0 Å². The van der Waals surface area contributed by atoms with Gasteiger partial charge >= 0.3 is 5.97 Å². The number of ether oxygens (including phenoxy) is 4. The summed E-state index contributed by atoms with van der Waals surface area (Å²) in [5, 5.41) is 9.18. The number of esters is 1. The largest absolute Gasteiger partial charge is 0.493 e. The maximum absolute atomic E-state index is 12.5. The van der Waals surface area contributed by atoms with Crippen molar-refractivity contribution in [2.75, 3.05) is 59.0 Å². The Balaban J connectivity index is 1.51. The predicted octanol–water partition coefficient (Wildman–Crippen LogP) is 1.31. The van der Waals surface area contributed by atoms with Gasteiger partial charge in [0, 0.05) is 33.1 Å². The van der Waals surface area contributed by atoms with Gasteiger partial charge in [-0.15, -0.1) is 0 Å². The minimum Gasteiger partial charge on any atom is -0.493 e. The first kappa shape index (κ1) is 23.7. The smallest absolute Gasteiger partial charge is 0.310 e. The lowest BCUT2D eigenvalue weighted by molar-refractivity contribution is -0.151. The first-order valence-corrected chi connectivity index (χ1v) is 10.2. The molecule has 3 rings (SSSR count). The monoisotopic (exact) mass is 458 g/mol. The Morgan fingerprint density at radius 1 is 1.09 bits per heavy atom. The van der Waals surface area contributed by atoms with E-state index in [0.717, 1.165) is 0 Å². The number of amides is 1. The molecule has 0 atom stereocenters. The molecule has 1 aromatic heterocycles. The number of aryl methyl sites for hydroxylation is 1. The quantitative estimate of drug-likeness (QED) is 0.534. The fourth-order valence-corrected chi connectivity index (χ4v) is 3.55. The zero-order valence-corrected chi connectivity index (χ0v) is 19.0. The number of anilines is 1. The summed E-state index contributed by atoms with van der Waals surface area (Å²) in [6, 6.07) is 5.33. The summed E-state index contributed by atoms with van der Waals surface area (Å²) in [5.74, 6) is 1.27. The molecule has 1 aliphatic heterocycles. The van der Waals surface area contributed by atoms with Crippen molar-refractivity contribution in [2.24, 2.45) is 0 Å². The lowest BCUT2D eigenvalue weighted by Crippen LogP contribution is -2.50. The van der Waals surface area contributed by atoms with Gasteiger partial charge in [-0.3, -0.25) is 9.59 Å². The molecule has 1 saturated heterocycles. The molecule has 0 bridgehead atoms. The summed E-state index contributed by atoms with van der Waals surface area (Å²) in [6.45, 7) is 3.11. The molecule has 2 aromatic rings. The Bertz CT molecular complexity index is 1030. The number of rotatable bonds is 8. The second-order valence-corrected chi connectivity index (χ2v) is 7.24. The number of hydrogen-bond donors (Lipinski definition) is 0. The summed E-state index contributed by atoms with van der Waals surface area (Å²) in [7, 11) is 4.47. The summed E-state index contributed by atoms with van der Waals surface area (Å²) in [6.07, 6.45) is -0.0560. The van der Waals surface area contributed by atoms with Crippen molar-refractivity contribution < 1.29 is 33.0 Å². The van der Waals surface area contributed by atoms with Crippen LogP contribution in [0.5, 0.6) is 17.2 Å². The average Bonchev–Trinajstić information content (AvgIpc) is 3.22. The van der Waals surface area contributed by atoms with E-state index in [2.05, 4.69) is 4.98 Å². The van der Waals surface area contributed by atoms with Gasteiger partial charge in [0.2, 0.25) is 17.3 Å². The average molecular weight is 458 g/mol. The Hall–Kier alpha value is -3.94. The summed E-state index contributed by atoms with van der Waals surface area (Å²) in [5.41, 5.74) is 0.833. The molecular formula is C22H26N4O7. The van der Waals surface area contributed by atoms with Crippen LogP contribution in [-0.4, -0.2) is 75.9 Å². The SMILES string of the molecule is COc1cc(CC(=O)OCC(=O)N2CCN(c3oc(C)nc3C#N)CC2)cc(OC)c1OC. The van der Waals surface area contributed by atoms with Crippen molar-refractivity contribution in [3.05, 3.63) is 29.3 Å². The van der Waals surface area contributed by atoms with Crippen molar-refractivity contribution in [1.29, 1.82) is 5.26 Å². The van der Waals surface area contributed by atoms with Crippen LogP contribution in [0, 0.1) is 18.3 Å². The summed E-state index contributed by atoms with van der Waals surface area (Å²) < 4.78 is 26.5. The highest BCUT2D eigenvalue weighted by molar-refractivity contribution is 5.81. The minimum atomic E-state index is -0.549. The molecule has 1 fully saturated rings. The zero-order chi connectivity index (χ0) is 24.0. The minimum absolute atomic E-state index is 0.0560. The second kappa shape index (κ2) is 10.6. The molecule has 2 heterocycles. The van der Waals surface area contributed by atoms with Crippen LogP contribution in [0.15, 0.2) is 16.5 Å². The van der Waals surface area contributed by atoms with E-state index >= 15 is 0 Å². The highest BCUT2D eigenvalue weighted by atomic mass is 16.5. The van der Waals surface area contributed by atoms with Crippen molar-refractivity contribution in [2.45, 2.75) is 13.3 Å². The third kappa shape index (κ3) is 5.46. The zero-order valence-electron chi connectivity index (χ0n) is 19.0. The number of carbonyl (C=O) groups is 2. The number of aromatic nitrogens is 1. The van der Waals surface area contributed by atoms with E-state index in [4.69, 9.17) is 23.4 Å². The predicted molar refractivity (Wildman–Crippen MR) is 116 cm³/mol. The third-order valence-corrected chi connectivity index (χ3v) is 5.17. The number of hydrogen-bond acceptors (Lipinski definition) is 10. The topological polar surface area (TPSA) is 127 Å². The Labute approximate surface area is 191 Å². The molecule has 11 heteroatoms. The Morgan fingerprint density at radius 3 is 2.27 bits per heavy atom. The number of piperazine rings is 1. The van der Waals surface area contributed by atoms with Gasteiger partial charge in [-0.05, 0) is 17.7 Å². The molecule has 11 nitrogen and oxygen atoms in total. The van der Waals surface area contributed by atoms with Crippen LogP contribution < -0.4 is 19.1 Å². The molecule has 1 amide bonds. The molecule has 0 aliphatic carbocycles. The van der Waals surface area contributed by atoms with Crippen LogP contribution in [0.4, 0.5) is 5.88 Å². The Morgan fingerprint density at radius 2 is 1.73 bits per heavy atom. The normalized spacial score (nSPS) is 13.3.